The lowest BCUT2D eigenvalue weighted by molar-refractivity contribution is -0.256. The van der Waals surface area contributed by atoms with Crippen LogP contribution in [0.3, 0.4) is 0 Å². The van der Waals surface area contributed by atoms with Crippen molar-refractivity contribution in [2.24, 2.45) is 0 Å². The first-order valence-corrected chi connectivity index (χ1v) is 14.3. The Kier molecular flexibility index (Phi) is 5.35. The lowest BCUT2D eigenvalue weighted by atomic mass is 9.65. The summed E-state index contributed by atoms with van der Waals surface area (Å²) in [6, 6.07) is 0. The summed E-state index contributed by atoms with van der Waals surface area (Å²) in [5.41, 5.74) is 1.62. The molecule has 3 atom stereocenters. The average molecular weight is 461 g/mol. The molecule has 32 heavy (non-hydrogen) atoms. The molecule has 1 heterocycles. The van der Waals surface area contributed by atoms with Crippen molar-refractivity contribution >= 4 is 14.1 Å². The van der Waals surface area contributed by atoms with Crippen LogP contribution in [0.4, 0.5) is 0 Å². The molecule has 6 nitrogen and oxygen atoms in total. The molecule has 0 unspecified atom stereocenters. The van der Waals surface area contributed by atoms with E-state index in [0.717, 1.165) is 18.4 Å². The Hall–Kier alpha value is -1.83. The molecule has 7 heteroatoms. The highest BCUT2D eigenvalue weighted by atomic mass is 28.4. The smallest absolute Gasteiger partial charge is 0.236 e. The number of aromatic hydroxyl groups is 1. The fourth-order valence-electron chi connectivity index (χ4n) is 5.54. The second-order valence-corrected chi connectivity index (χ2v) is 15.8. The number of ether oxygens (including phenoxy) is 3. The molecule has 1 fully saturated rings. The molecule has 1 aromatic rings. The van der Waals surface area contributed by atoms with E-state index in [1.807, 2.05) is 0 Å². The first-order valence-electron chi connectivity index (χ1n) is 11.4. The second-order valence-electron chi connectivity index (χ2n) is 11.0. The van der Waals surface area contributed by atoms with Gasteiger partial charge in [-0.25, -0.2) is 0 Å². The number of carbonyl (C=O) groups excluding carboxylic acids is 1. The van der Waals surface area contributed by atoms with Crippen molar-refractivity contribution < 1.29 is 28.5 Å². The standard InChI is InChI=1S/C25H36O6Si/c1-9-10-15-18-16(26)13-24-12-11-17(31-32(7,8)23(2,3)4)25(14-24,29-6)30-21(19(18)24)22(28-5)20(15)27/h9,17,27H,1,10-14H2,2-8H3/t17-,24-,25-/m0/s1. The first-order chi connectivity index (χ1) is 14.9. The Morgan fingerprint density at radius 3 is 2.56 bits per heavy atom. The van der Waals surface area contributed by atoms with Crippen molar-refractivity contribution in [2.75, 3.05) is 14.2 Å². The Bertz CT molecular complexity index is 978. The van der Waals surface area contributed by atoms with Gasteiger partial charge in [-0.15, -0.1) is 6.58 Å². The minimum atomic E-state index is -2.11. The summed E-state index contributed by atoms with van der Waals surface area (Å²) in [4.78, 5) is 13.3. The van der Waals surface area contributed by atoms with E-state index >= 15 is 0 Å². The fourth-order valence-corrected chi connectivity index (χ4v) is 6.90. The number of hydrogen-bond donors (Lipinski definition) is 1. The van der Waals surface area contributed by atoms with Crippen molar-refractivity contribution in [3.05, 3.63) is 29.3 Å². The van der Waals surface area contributed by atoms with Gasteiger partial charge >= 0.3 is 0 Å². The van der Waals surface area contributed by atoms with Crippen LogP contribution in [0.1, 0.15) is 67.9 Å². The van der Waals surface area contributed by atoms with Crippen LogP contribution in [-0.4, -0.2) is 45.3 Å². The molecule has 2 bridgehead atoms. The molecule has 3 aliphatic rings. The van der Waals surface area contributed by atoms with Gasteiger partial charge in [-0.1, -0.05) is 26.8 Å². The average Bonchev–Trinajstić information content (AvgIpc) is 2.98. The molecule has 1 aliphatic heterocycles. The van der Waals surface area contributed by atoms with E-state index in [0.29, 0.717) is 36.1 Å². The molecule has 4 rings (SSSR count). The number of fused-ring (bicyclic) bond motifs is 1. The van der Waals surface area contributed by atoms with Crippen LogP contribution >= 0.6 is 0 Å². The molecule has 0 saturated heterocycles. The summed E-state index contributed by atoms with van der Waals surface area (Å²) in [6.45, 7) is 14.9. The van der Waals surface area contributed by atoms with Gasteiger partial charge in [0.1, 0.15) is 6.10 Å². The Morgan fingerprint density at radius 2 is 2.00 bits per heavy atom. The molecule has 0 amide bonds. The summed E-state index contributed by atoms with van der Waals surface area (Å²) in [5.74, 6) is -0.374. The molecule has 176 valence electrons. The minimum absolute atomic E-state index is 0.0373. The first kappa shape index (κ1) is 23.3. The van der Waals surface area contributed by atoms with Gasteiger partial charge in [0.15, 0.2) is 25.6 Å². The SMILES string of the molecule is C=CCc1c(O)c(OC)c2c3c1C(=O)C[C@]31CC[C@H](O[Si](C)(C)C(C)(C)C)[C@](OC)(C1)O2. The van der Waals surface area contributed by atoms with Crippen LogP contribution < -0.4 is 9.47 Å². The maximum atomic E-state index is 13.3. The molecular formula is C25H36O6Si. The number of carbonyl (C=O) groups is 1. The van der Waals surface area contributed by atoms with E-state index in [1.165, 1.54) is 7.11 Å². The Labute approximate surface area is 192 Å². The van der Waals surface area contributed by atoms with Gasteiger partial charge in [0.05, 0.1) is 7.11 Å². The van der Waals surface area contributed by atoms with Gasteiger partial charge in [-0.2, -0.15) is 0 Å². The highest BCUT2D eigenvalue weighted by Crippen LogP contribution is 2.64. The van der Waals surface area contributed by atoms with Crippen LogP contribution in [0.25, 0.3) is 0 Å². The molecule has 0 aromatic heterocycles. The summed E-state index contributed by atoms with van der Waals surface area (Å²) < 4.78 is 25.1. The van der Waals surface area contributed by atoms with Crippen LogP contribution in [0.5, 0.6) is 17.2 Å². The van der Waals surface area contributed by atoms with Crippen LogP contribution in [0.2, 0.25) is 18.1 Å². The number of hydrogen-bond acceptors (Lipinski definition) is 6. The third kappa shape index (κ3) is 3.08. The second kappa shape index (κ2) is 7.34. The lowest BCUT2D eigenvalue weighted by Crippen LogP contribution is -2.63. The number of allylic oxidation sites excluding steroid dienone is 1. The molecule has 1 aromatic carbocycles. The highest BCUT2D eigenvalue weighted by molar-refractivity contribution is 6.74. The number of benzene rings is 1. The maximum absolute atomic E-state index is 13.3. The topological polar surface area (TPSA) is 74.2 Å². The normalized spacial score (nSPS) is 28.8. The minimum Gasteiger partial charge on any atom is -0.504 e. The summed E-state index contributed by atoms with van der Waals surface area (Å²) in [6.07, 6.45) is 4.28. The largest absolute Gasteiger partial charge is 0.504 e. The predicted octanol–water partition coefficient (Wildman–Crippen LogP) is 5.26. The lowest BCUT2D eigenvalue weighted by Gasteiger charge is -2.55. The Balaban J connectivity index is 1.89. The maximum Gasteiger partial charge on any atom is 0.236 e. The van der Waals surface area contributed by atoms with E-state index in [1.54, 1.807) is 13.2 Å². The van der Waals surface area contributed by atoms with Crippen molar-refractivity contribution in [2.45, 2.75) is 88.3 Å². The van der Waals surface area contributed by atoms with Crippen molar-refractivity contribution in [1.29, 1.82) is 0 Å². The number of methoxy groups -OCH3 is 2. The molecule has 1 spiro atoms. The van der Waals surface area contributed by atoms with Gasteiger partial charge in [-0.05, 0) is 37.4 Å². The number of phenolic OH excluding ortho intramolecular Hbond substituents is 1. The third-order valence-corrected chi connectivity index (χ3v) is 12.7. The van der Waals surface area contributed by atoms with Gasteiger partial charge in [0, 0.05) is 42.1 Å². The number of phenols is 1. The molecule has 1 N–H and O–H groups in total. The van der Waals surface area contributed by atoms with E-state index in [9.17, 15) is 9.90 Å². The molecule has 1 saturated carbocycles. The quantitative estimate of drug-likeness (QED) is 0.461. The van der Waals surface area contributed by atoms with Crippen LogP contribution in [0, 0.1) is 0 Å². The van der Waals surface area contributed by atoms with Crippen molar-refractivity contribution in [3.8, 4) is 17.2 Å². The monoisotopic (exact) mass is 460 g/mol. The number of Topliss-reactive ketones (excluding diaryl/α,β-unsaturated/α-hetero) is 1. The van der Waals surface area contributed by atoms with Crippen molar-refractivity contribution in [1.82, 2.24) is 0 Å². The molecule has 2 aliphatic carbocycles. The zero-order valence-electron chi connectivity index (χ0n) is 20.4. The zero-order valence-corrected chi connectivity index (χ0v) is 21.4. The third-order valence-electron chi connectivity index (χ3n) is 8.17. The van der Waals surface area contributed by atoms with E-state index in [4.69, 9.17) is 18.6 Å². The Morgan fingerprint density at radius 1 is 1.31 bits per heavy atom. The fraction of sp³-hybridized carbons (Fsp3) is 0.640. The summed E-state index contributed by atoms with van der Waals surface area (Å²) in [5, 5.41) is 11.1. The predicted molar refractivity (Wildman–Crippen MR) is 125 cm³/mol. The molecular weight excluding hydrogens is 424 g/mol. The number of ketones is 1. The van der Waals surface area contributed by atoms with Gasteiger partial charge in [-0.3, -0.25) is 4.79 Å². The summed E-state index contributed by atoms with van der Waals surface area (Å²) >= 11 is 0. The zero-order chi connectivity index (χ0) is 23.7. The van der Waals surface area contributed by atoms with Gasteiger partial charge in [0.25, 0.3) is 0 Å². The van der Waals surface area contributed by atoms with Crippen LogP contribution in [0.15, 0.2) is 12.7 Å². The van der Waals surface area contributed by atoms with Crippen molar-refractivity contribution in [3.63, 3.8) is 0 Å². The van der Waals surface area contributed by atoms with E-state index < -0.39 is 19.5 Å². The van der Waals surface area contributed by atoms with Gasteiger partial charge in [0.2, 0.25) is 11.5 Å². The van der Waals surface area contributed by atoms with Crippen LogP contribution in [-0.2, 0) is 21.0 Å². The van der Waals surface area contributed by atoms with Gasteiger partial charge < -0.3 is 23.7 Å². The van der Waals surface area contributed by atoms with E-state index in [2.05, 4.69) is 40.4 Å². The summed E-state index contributed by atoms with van der Waals surface area (Å²) in [7, 11) is 1.04. The number of rotatable bonds is 6. The van der Waals surface area contributed by atoms with E-state index in [-0.39, 0.29) is 28.4 Å². The molecule has 0 radical (unpaired) electrons. The highest BCUT2D eigenvalue weighted by Gasteiger charge is 2.64.